The minimum Gasteiger partial charge on any atom is -0.479 e. The van der Waals surface area contributed by atoms with Gasteiger partial charge in [0.1, 0.15) is 11.2 Å². The van der Waals surface area contributed by atoms with Crippen LogP contribution in [0.3, 0.4) is 0 Å². The van der Waals surface area contributed by atoms with Crippen LogP contribution in [0.15, 0.2) is 41.0 Å². The Labute approximate surface area is 296 Å². The van der Waals surface area contributed by atoms with Crippen LogP contribution < -0.4 is 15.8 Å². The number of pyridine rings is 1. The van der Waals surface area contributed by atoms with Crippen molar-refractivity contribution in [3.63, 3.8) is 0 Å². The Hall–Kier alpha value is -4.67. The summed E-state index contributed by atoms with van der Waals surface area (Å²) in [5.74, 6) is -0.365. The standard InChI is InChI=1S/C33H39ClF5N9O3/c1-18-10-24(30(51-5)45-44-18)25-13-27(33(37,38)39)46-48(25)16-32(3,4)43-29(50)26(11-20(14-40)15-41-31(35)36)47(17-49)9-8-21-12-23(21)22-6-7-28(34)42-19(22)2/h6-7,10,13-15,17,21,23,26,31H,8-9,11-12,16,40H2,1-5H3,(H,43,50)/b20-14-,41-15+/t21-,23?,26-/m1/s1. The van der Waals surface area contributed by atoms with Crippen LogP contribution >= 0.6 is 11.6 Å². The number of nitrogens with one attached hydrogen (secondary N) is 1. The molecule has 0 aromatic carbocycles. The number of amides is 2. The number of rotatable bonds is 16. The van der Waals surface area contributed by atoms with Crippen LogP contribution in [0.4, 0.5) is 22.0 Å². The summed E-state index contributed by atoms with van der Waals surface area (Å²) in [4.78, 5) is 35.1. The summed E-state index contributed by atoms with van der Waals surface area (Å²) in [6.45, 7) is 3.43. The van der Waals surface area contributed by atoms with Gasteiger partial charge in [0.15, 0.2) is 5.69 Å². The van der Waals surface area contributed by atoms with E-state index in [1.165, 1.54) is 18.1 Å². The molecule has 3 heterocycles. The summed E-state index contributed by atoms with van der Waals surface area (Å²) in [5.41, 5.74) is 5.74. The van der Waals surface area contributed by atoms with Gasteiger partial charge in [-0.3, -0.25) is 14.3 Å². The summed E-state index contributed by atoms with van der Waals surface area (Å²) in [7, 11) is 1.30. The molecule has 276 valence electrons. The topological polar surface area (TPSA) is 154 Å². The minimum absolute atomic E-state index is 0.00670. The molecule has 0 spiro atoms. The average molecular weight is 740 g/mol. The fourth-order valence-corrected chi connectivity index (χ4v) is 6.10. The molecular weight excluding hydrogens is 701 g/mol. The molecule has 12 nitrogen and oxygen atoms in total. The summed E-state index contributed by atoms with van der Waals surface area (Å²) in [6, 6.07) is 4.73. The van der Waals surface area contributed by atoms with E-state index in [-0.39, 0.29) is 54.1 Å². The quantitative estimate of drug-likeness (QED) is 0.0645. The fraction of sp³-hybridized carbons (Fsp3) is 0.485. The van der Waals surface area contributed by atoms with Gasteiger partial charge >= 0.3 is 12.7 Å². The lowest BCUT2D eigenvalue weighted by Gasteiger charge is -2.33. The zero-order chi connectivity index (χ0) is 37.7. The van der Waals surface area contributed by atoms with Crippen molar-refractivity contribution in [1.29, 1.82) is 0 Å². The Morgan fingerprint density at radius 1 is 1.24 bits per heavy atom. The highest BCUT2D eigenvalue weighted by Gasteiger charge is 2.41. The predicted molar refractivity (Wildman–Crippen MR) is 179 cm³/mol. The van der Waals surface area contributed by atoms with Crippen molar-refractivity contribution < 1.29 is 36.3 Å². The van der Waals surface area contributed by atoms with Gasteiger partial charge in [-0.25, -0.2) is 9.98 Å². The lowest BCUT2D eigenvalue weighted by molar-refractivity contribution is -0.141. The highest BCUT2D eigenvalue weighted by Crippen LogP contribution is 2.50. The van der Waals surface area contributed by atoms with E-state index in [1.54, 1.807) is 26.8 Å². The summed E-state index contributed by atoms with van der Waals surface area (Å²) in [6.07, 6.45) is -1.37. The second-order valence-electron chi connectivity index (χ2n) is 12.9. The molecule has 0 bridgehead atoms. The predicted octanol–water partition coefficient (Wildman–Crippen LogP) is 5.47. The van der Waals surface area contributed by atoms with Crippen LogP contribution in [0.1, 0.15) is 61.7 Å². The van der Waals surface area contributed by atoms with E-state index >= 15 is 0 Å². The normalized spacial score (nSPS) is 17.1. The van der Waals surface area contributed by atoms with Crippen LogP contribution in [0.25, 0.3) is 11.3 Å². The zero-order valence-corrected chi connectivity index (χ0v) is 29.3. The smallest absolute Gasteiger partial charge is 0.435 e. The molecule has 1 aliphatic carbocycles. The number of hydrogen-bond acceptors (Lipinski definition) is 9. The molecule has 1 aliphatic rings. The molecule has 3 aromatic heterocycles. The van der Waals surface area contributed by atoms with Crippen molar-refractivity contribution >= 4 is 30.1 Å². The van der Waals surface area contributed by atoms with Gasteiger partial charge in [0, 0.05) is 24.9 Å². The van der Waals surface area contributed by atoms with E-state index in [0.29, 0.717) is 23.7 Å². The first-order valence-corrected chi connectivity index (χ1v) is 16.3. The third-order valence-corrected chi connectivity index (χ3v) is 8.65. The average Bonchev–Trinajstić information content (AvgIpc) is 3.68. The number of aliphatic imine (C=N–C) groups is 1. The molecule has 18 heteroatoms. The van der Waals surface area contributed by atoms with Crippen molar-refractivity contribution in [3.8, 4) is 17.1 Å². The van der Waals surface area contributed by atoms with E-state index in [2.05, 4.69) is 30.6 Å². The summed E-state index contributed by atoms with van der Waals surface area (Å²) >= 11 is 6.00. The molecule has 1 unspecified atom stereocenters. The molecule has 2 amide bonds. The van der Waals surface area contributed by atoms with Gasteiger partial charge in [0.2, 0.25) is 18.2 Å². The molecule has 0 aliphatic heterocycles. The molecule has 0 saturated heterocycles. The van der Waals surface area contributed by atoms with E-state index in [9.17, 15) is 31.5 Å². The maximum absolute atomic E-state index is 14.0. The van der Waals surface area contributed by atoms with Gasteiger partial charge in [-0.2, -0.15) is 32.1 Å². The number of aryl methyl sites for hydroxylation is 2. The molecule has 3 N–H and O–H groups in total. The number of nitrogens with two attached hydrogens (primary N) is 1. The van der Waals surface area contributed by atoms with Crippen molar-refractivity contribution in [1.82, 2.24) is 35.2 Å². The monoisotopic (exact) mass is 739 g/mol. The summed E-state index contributed by atoms with van der Waals surface area (Å²) in [5, 5.41) is 14.8. The Kier molecular flexibility index (Phi) is 12.4. The number of methoxy groups -OCH3 is 1. The first-order valence-electron chi connectivity index (χ1n) is 15.9. The third-order valence-electron chi connectivity index (χ3n) is 8.44. The third kappa shape index (κ3) is 10.2. The fourth-order valence-electron chi connectivity index (χ4n) is 5.91. The van der Waals surface area contributed by atoms with Crippen molar-refractivity contribution in [2.45, 2.75) is 83.7 Å². The first kappa shape index (κ1) is 39.1. The number of hydrogen-bond donors (Lipinski definition) is 2. The van der Waals surface area contributed by atoms with Crippen LogP contribution in [0.5, 0.6) is 5.88 Å². The number of nitrogens with zero attached hydrogens (tertiary/aromatic N) is 7. The molecular formula is C33H39ClF5N9O3. The summed E-state index contributed by atoms with van der Waals surface area (Å²) < 4.78 is 73.8. The second-order valence-corrected chi connectivity index (χ2v) is 13.3. The van der Waals surface area contributed by atoms with Crippen LogP contribution in [-0.4, -0.2) is 80.2 Å². The van der Waals surface area contributed by atoms with Gasteiger partial charge < -0.3 is 20.7 Å². The number of carbonyl (C=O) groups excluding carboxylic acids is 2. The van der Waals surface area contributed by atoms with Crippen molar-refractivity contribution in [2.75, 3.05) is 13.7 Å². The molecule has 1 saturated carbocycles. The lowest BCUT2D eigenvalue weighted by Crippen LogP contribution is -2.55. The first-order chi connectivity index (χ1) is 24.0. The Morgan fingerprint density at radius 3 is 2.57 bits per heavy atom. The Balaban J connectivity index is 1.59. The maximum atomic E-state index is 14.0. The van der Waals surface area contributed by atoms with E-state index in [4.69, 9.17) is 22.1 Å². The SMILES string of the molecule is COc1nnc(C)cc1-c1cc(C(F)(F)F)nn1CC(C)(C)NC(=O)[C@@H](CC(=C/N)/C=N/C(F)F)N(C=O)CC[C@@H]1CC1c1ccc(Cl)nc1C. The molecule has 0 radical (unpaired) electrons. The number of ether oxygens (including phenoxy) is 1. The largest absolute Gasteiger partial charge is 0.479 e. The number of carbonyl (C=O) groups is 2. The molecule has 1 fully saturated rings. The van der Waals surface area contributed by atoms with E-state index in [1.807, 2.05) is 13.0 Å². The minimum atomic E-state index is -4.79. The van der Waals surface area contributed by atoms with Gasteiger partial charge in [-0.15, -0.1) is 5.10 Å². The number of aromatic nitrogens is 5. The van der Waals surface area contributed by atoms with Gasteiger partial charge in [-0.05, 0) is 87.9 Å². The lowest BCUT2D eigenvalue weighted by atomic mass is 10.0. The van der Waals surface area contributed by atoms with Gasteiger partial charge in [0.05, 0.1) is 36.1 Å². The van der Waals surface area contributed by atoms with Crippen LogP contribution in [0, 0.1) is 19.8 Å². The molecule has 3 aromatic rings. The zero-order valence-electron chi connectivity index (χ0n) is 28.6. The molecule has 4 rings (SSSR count). The van der Waals surface area contributed by atoms with Crippen molar-refractivity contribution in [2.24, 2.45) is 16.6 Å². The van der Waals surface area contributed by atoms with Crippen molar-refractivity contribution in [3.05, 3.63) is 63.8 Å². The maximum Gasteiger partial charge on any atom is 0.435 e. The number of alkyl halides is 5. The van der Waals surface area contributed by atoms with Crippen LogP contribution in [-0.2, 0) is 22.3 Å². The Bertz CT molecular complexity index is 1780. The van der Waals surface area contributed by atoms with Gasteiger partial charge in [-0.1, -0.05) is 17.7 Å². The van der Waals surface area contributed by atoms with Crippen LogP contribution in [0.2, 0.25) is 5.15 Å². The molecule has 3 atom stereocenters. The highest BCUT2D eigenvalue weighted by molar-refractivity contribution is 6.29. The highest BCUT2D eigenvalue weighted by atomic mass is 35.5. The Morgan fingerprint density at radius 2 is 1.96 bits per heavy atom. The number of halogens is 6. The van der Waals surface area contributed by atoms with E-state index < -0.39 is 35.9 Å². The van der Waals surface area contributed by atoms with E-state index in [0.717, 1.165) is 40.8 Å². The molecule has 51 heavy (non-hydrogen) atoms. The second kappa shape index (κ2) is 16.1. The van der Waals surface area contributed by atoms with Gasteiger partial charge in [0.25, 0.3) is 0 Å².